The first-order valence-electron chi connectivity index (χ1n) is 6.66. The number of halogens is 1. The third-order valence-corrected chi connectivity index (χ3v) is 5.12. The van der Waals surface area contributed by atoms with Crippen molar-refractivity contribution >= 4 is 38.9 Å². The van der Waals surface area contributed by atoms with Crippen LogP contribution < -0.4 is 5.32 Å². The Morgan fingerprint density at radius 1 is 1.14 bits per heavy atom. The van der Waals surface area contributed by atoms with Gasteiger partial charge in [-0.25, -0.2) is 0 Å². The van der Waals surface area contributed by atoms with Crippen LogP contribution in [0.25, 0.3) is 10.1 Å². The minimum absolute atomic E-state index is 0.121. The number of hydrogen-bond acceptors (Lipinski definition) is 2. The van der Waals surface area contributed by atoms with Crippen molar-refractivity contribution in [2.75, 3.05) is 0 Å². The van der Waals surface area contributed by atoms with E-state index < -0.39 is 0 Å². The Hall–Kier alpha value is -1.84. The Labute approximate surface area is 132 Å². The Morgan fingerprint density at radius 2 is 1.86 bits per heavy atom. The molecule has 1 N–H and O–H groups in total. The Morgan fingerprint density at radius 3 is 2.62 bits per heavy atom. The van der Waals surface area contributed by atoms with E-state index in [1.165, 1.54) is 16.9 Å². The number of carbonyl (C=O) groups is 1. The van der Waals surface area contributed by atoms with Crippen molar-refractivity contribution in [3.05, 3.63) is 69.6 Å². The molecule has 1 heterocycles. The van der Waals surface area contributed by atoms with Crippen LogP contribution in [0, 0.1) is 6.92 Å². The number of thiophene rings is 1. The molecule has 0 fully saturated rings. The molecule has 2 aromatic carbocycles. The average molecular weight is 316 g/mol. The molecule has 0 bridgehead atoms. The molecule has 1 amide bonds. The molecule has 0 saturated carbocycles. The lowest BCUT2D eigenvalue weighted by molar-refractivity contribution is 0.0955. The third kappa shape index (κ3) is 2.80. The smallest absolute Gasteiger partial charge is 0.263 e. The van der Waals surface area contributed by atoms with E-state index in [2.05, 4.69) is 5.32 Å². The van der Waals surface area contributed by atoms with Gasteiger partial charge in [0.1, 0.15) is 4.88 Å². The van der Waals surface area contributed by atoms with Crippen LogP contribution in [0.5, 0.6) is 0 Å². The second kappa shape index (κ2) is 5.88. The van der Waals surface area contributed by atoms with E-state index in [0.29, 0.717) is 16.4 Å². The van der Waals surface area contributed by atoms with Crippen LogP contribution in [-0.2, 0) is 6.54 Å². The van der Waals surface area contributed by atoms with Gasteiger partial charge in [-0.05, 0) is 24.1 Å². The molecule has 0 aliphatic heterocycles. The molecule has 0 radical (unpaired) electrons. The van der Waals surface area contributed by atoms with Crippen LogP contribution in [0.2, 0.25) is 5.02 Å². The van der Waals surface area contributed by atoms with Gasteiger partial charge in [-0.15, -0.1) is 11.3 Å². The van der Waals surface area contributed by atoms with Gasteiger partial charge in [0.25, 0.3) is 5.91 Å². The summed E-state index contributed by atoms with van der Waals surface area (Å²) < 4.78 is 1.03. The number of aryl methyl sites for hydroxylation is 1. The maximum atomic E-state index is 12.3. The molecule has 21 heavy (non-hydrogen) atoms. The van der Waals surface area contributed by atoms with Crippen LogP contribution in [-0.4, -0.2) is 5.91 Å². The maximum Gasteiger partial charge on any atom is 0.263 e. The van der Waals surface area contributed by atoms with Gasteiger partial charge in [0, 0.05) is 16.6 Å². The van der Waals surface area contributed by atoms with Gasteiger partial charge in [-0.1, -0.05) is 54.1 Å². The Balaban J connectivity index is 1.81. The van der Waals surface area contributed by atoms with Gasteiger partial charge < -0.3 is 5.32 Å². The minimum atomic E-state index is -0.121. The fourth-order valence-corrected chi connectivity index (χ4v) is 3.66. The maximum absolute atomic E-state index is 12.3. The number of amides is 1. The second-order valence-corrected chi connectivity index (χ2v) is 6.28. The normalized spacial score (nSPS) is 10.8. The quantitative estimate of drug-likeness (QED) is 0.739. The standard InChI is InChI=1S/C17H14ClNOS/c1-11-6-2-3-7-12(11)10-19-17(20)16-15(18)13-8-4-5-9-14(13)21-16/h2-9H,10H2,1H3,(H,19,20). The number of fused-ring (bicyclic) bond motifs is 1. The third-order valence-electron chi connectivity index (χ3n) is 3.44. The van der Waals surface area contributed by atoms with Crippen molar-refractivity contribution in [1.82, 2.24) is 5.32 Å². The molecule has 106 valence electrons. The SMILES string of the molecule is Cc1ccccc1CNC(=O)c1sc2ccccc2c1Cl. The summed E-state index contributed by atoms with van der Waals surface area (Å²) in [5.74, 6) is -0.121. The van der Waals surface area contributed by atoms with Gasteiger partial charge in [0.15, 0.2) is 0 Å². The topological polar surface area (TPSA) is 29.1 Å². The molecule has 1 aromatic heterocycles. The van der Waals surface area contributed by atoms with Crippen molar-refractivity contribution in [3.63, 3.8) is 0 Å². The van der Waals surface area contributed by atoms with Crippen molar-refractivity contribution in [1.29, 1.82) is 0 Å². The molecule has 3 rings (SSSR count). The van der Waals surface area contributed by atoms with Gasteiger partial charge >= 0.3 is 0 Å². The largest absolute Gasteiger partial charge is 0.347 e. The van der Waals surface area contributed by atoms with Crippen LogP contribution >= 0.6 is 22.9 Å². The highest BCUT2D eigenvalue weighted by Gasteiger charge is 2.16. The highest BCUT2D eigenvalue weighted by Crippen LogP contribution is 2.34. The lowest BCUT2D eigenvalue weighted by atomic mass is 10.1. The van der Waals surface area contributed by atoms with E-state index in [1.807, 2.05) is 55.5 Å². The summed E-state index contributed by atoms with van der Waals surface area (Å²) >= 11 is 7.74. The van der Waals surface area contributed by atoms with Crippen molar-refractivity contribution < 1.29 is 4.79 Å². The van der Waals surface area contributed by atoms with Crippen LogP contribution in [0.4, 0.5) is 0 Å². The Bertz CT molecular complexity index is 809. The fourth-order valence-electron chi connectivity index (χ4n) is 2.22. The number of hydrogen-bond donors (Lipinski definition) is 1. The van der Waals surface area contributed by atoms with Crippen molar-refractivity contribution in [3.8, 4) is 0 Å². The summed E-state index contributed by atoms with van der Waals surface area (Å²) in [6, 6.07) is 15.8. The van der Waals surface area contributed by atoms with Gasteiger partial charge in [-0.3, -0.25) is 4.79 Å². The monoisotopic (exact) mass is 315 g/mol. The summed E-state index contributed by atoms with van der Waals surface area (Å²) in [6.07, 6.45) is 0. The van der Waals surface area contributed by atoms with Gasteiger partial charge in [0.05, 0.1) is 5.02 Å². The average Bonchev–Trinajstić information content (AvgIpc) is 2.84. The summed E-state index contributed by atoms with van der Waals surface area (Å²) in [5.41, 5.74) is 2.28. The van der Waals surface area contributed by atoms with Crippen LogP contribution in [0.1, 0.15) is 20.8 Å². The summed E-state index contributed by atoms with van der Waals surface area (Å²) in [6.45, 7) is 2.55. The Kier molecular flexibility index (Phi) is 3.95. The van der Waals surface area contributed by atoms with Crippen molar-refractivity contribution in [2.45, 2.75) is 13.5 Å². The van der Waals surface area contributed by atoms with Crippen LogP contribution in [0.3, 0.4) is 0 Å². The molecule has 4 heteroatoms. The molecule has 3 aromatic rings. The van der Waals surface area contributed by atoms with E-state index >= 15 is 0 Å². The minimum Gasteiger partial charge on any atom is -0.347 e. The van der Waals surface area contributed by atoms with Gasteiger partial charge in [0.2, 0.25) is 0 Å². The summed E-state index contributed by atoms with van der Waals surface area (Å²) in [7, 11) is 0. The molecule has 0 spiro atoms. The fraction of sp³-hybridized carbons (Fsp3) is 0.118. The van der Waals surface area contributed by atoms with Crippen LogP contribution in [0.15, 0.2) is 48.5 Å². The molecule has 2 nitrogen and oxygen atoms in total. The number of benzene rings is 2. The first kappa shape index (κ1) is 14.1. The zero-order chi connectivity index (χ0) is 14.8. The van der Waals surface area contributed by atoms with Gasteiger partial charge in [-0.2, -0.15) is 0 Å². The predicted molar refractivity (Wildman–Crippen MR) is 89.2 cm³/mol. The number of carbonyl (C=O) groups excluding carboxylic acids is 1. The highest BCUT2D eigenvalue weighted by molar-refractivity contribution is 7.21. The molecule has 0 saturated heterocycles. The summed E-state index contributed by atoms with van der Waals surface area (Å²) in [4.78, 5) is 12.9. The zero-order valence-electron chi connectivity index (χ0n) is 11.5. The second-order valence-electron chi connectivity index (χ2n) is 4.85. The van der Waals surface area contributed by atoms with E-state index in [-0.39, 0.29) is 5.91 Å². The molecule has 0 atom stereocenters. The van der Waals surface area contributed by atoms with E-state index in [0.717, 1.165) is 15.6 Å². The summed E-state index contributed by atoms with van der Waals surface area (Å²) in [5, 5.41) is 4.42. The lowest BCUT2D eigenvalue weighted by Gasteiger charge is -2.07. The predicted octanol–water partition coefficient (Wildman–Crippen LogP) is 4.79. The molecule has 0 aliphatic carbocycles. The molecule has 0 unspecified atom stereocenters. The van der Waals surface area contributed by atoms with Crippen molar-refractivity contribution in [2.24, 2.45) is 0 Å². The molecular formula is C17H14ClNOS. The lowest BCUT2D eigenvalue weighted by Crippen LogP contribution is -2.22. The molecular weight excluding hydrogens is 302 g/mol. The van der Waals surface area contributed by atoms with E-state index in [4.69, 9.17) is 11.6 Å². The number of rotatable bonds is 3. The van der Waals surface area contributed by atoms with E-state index in [9.17, 15) is 4.79 Å². The number of nitrogens with one attached hydrogen (secondary N) is 1. The molecule has 0 aliphatic rings. The first-order chi connectivity index (χ1) is 10.2. The highest BCUT2D eigenvalue weighted by atomic mass is 35.5. The van der Waals surface area contributed by atoms with E-state index in [1.54, 1.807) is 0 Å². The zero-order valence-corrected chi connectivity index (χ0v) is 13.1. The first-order valence-corrected chi connectivity index (χ1v) is 7.86.